The molecule has 8 heteroatoms. The van der Waals surface area contributed by atoms with E-state index in [2.05, 4.69) is 15.5 Å². The molecular weight excluding hydrogens is 434 g/mol. The Bertz CT molecular complexity index is 991. The van der Waals surface area contributed by atoms with E-state index in [4.69, 9.17) is 14.2 Å². The van der Waals surface area contributed by atoms with Crippen LogP contribution in [0.25, 0.3) is 0 Å². The van der Waals surface area contributed by atoms with Crippen LogP contribution in [0.15, 0.2) is 36.4 Å². The molecule has 2 fully saturated rings. The van der Waals surface area contributed by atoms with E-state index in [9.17, 15) is 9.59 Å². The third kappa shape index (κ3) is 5.44. The predicted molar refractivity (Wildman–Crippen MR) is 131 cm³/mol. The minimum Gasteiger partial charge on any atom is -0.496 e. The third-order valence-corrected chi connectivity index (χ3v) is 6.36. The van der Waals surface area contributed by atoms with Crippen LogP contribution in [0.4, 0.5) is 11.4 Å². The van der Waals surface area contributed by atoms with Crippen LogP contribution in [0, 0.1) is 0 Å². The van der Waals surface area contributed by atoms with Crippen molar-refractivity contribution in [2.45, 2.75) is 38.2 Å². The second-order valence-electron chi connectivity index (χ2n) is 8.62. The zero-order valence-electron chi connectivity index (χ0n) is 19.9. The van der Waals surface area contributed by atoms with E-state index >= 15 is 0 Å². The second-order valence-corrected chi connectivity index (χ2v) is 8.62. The van der Waals surface area contributed by atoms with Crippen LogP contribution in [0.2, 0.25) is 0 Å². The van der Waals surface area contributed by atoms with Gasteiger partial charge in [-0.3, -0.25) is 9.59 Å². The van der Waals surface area contributed by atoms with Gasteiger partial charge in [-0.2, -0.15) is 0 Å². The molecule has 2 aliphatic heterocycles. The summed E-state index contributed by atoms with van der Waals surface area (Å²) in [7, 11) is 3.02. The summed E-state index contributed by atoms with van der Waals surface area (Å²) in [6.07, 6.45) is 5.44. The van der Waals surface area contributed by atoms with Crippen LogP contribution >= 0.6 is 0 Å². The molecule has 4 rings (SSSR count). The first-order chi connectivity index (χ1) is 16.6. The number of hydrogen-bond donors (Lipinski definition) is 2. The van der Waals surface area contributed by atoms with Gasteiger partial charge >= 0.3 is 0 Å². The van der Waals surface area contributed by atoms with Gasteiger partial charge in [0.25, 0.3) is 11.8 Å². The van der Waals surface area contributed by atoms with Gasteiger partial charge in [0.2, 0.25) is 0 Å². The van der Waals surface area contributed by atoms with E-state index < -0.39 is 0 Å². The summed E-state index contributed by atoms with van der Waals surface area (Å²) in [4.78, 5) is 28.6. The van der Waals surface area contributed by atoms with Crippen molar-refractivity contribution in [1.29, 1.82) is 0 Å². The molecule has 0 unspecified atom stereocenters. The lowest BCUT2D eigenvalue weighted by Crippen LogP contribution is -2.35. The largest absolute Gasteiger partial charge is 0.496 e. The maximum absolute atomic E-state index is 13.2. The number of carbonyl (C=O) groups excluding carboxylic acids is 2. The summed E-state index contributed by atoms with van der Waals surface area (Å²) in [6.45, 7) is 3.05. The van der Waals surface area contributed by atoms with Gasteiger partial charge in [-0.1, -0.05) is 6.07 Å². The number of carbonyl (C=O) groups is 2. The first kappa shape index (κ1) is 23.9. The number of nitrogens with zero attached hydrogens (tertiary/aromatic N) is 1. The number of piperidine rings is 1. The summed E-state index contributed by atoms with van der Waals surface area (Å²) in [6, 6.07) is 10.7. The number of hydrogen-bond acceptors (Lipinski definition) is 6. The molecule has 2 heterocycles. The quantitative estimate of drug-likeness (QED) is 0.613. The van der Waals surface area contributed by atoms with Crippen molar-refractivity contribution in [2.24, 2.45) is 0 Å². The Hall–Kier alpha value is -3.26. The zero-order valence-corrected chi connectivity index (χ0v) is 19.9. The van der Waals surface area contributed by atoms with E-state index in [-0.39, 0.29) is 17.9 Å². The molecule has 34 heavy (non-hydrogen) atoms. The smallest absolute Gasteiger partial charge is 0.263 e. The number of anilines is 2. The van der Waals surface area contributed by atoms with Crippen LogP contribution in [-0.4, -0.2) is 58.4 Å². The van der Waals surface area contributed by atoms with Crippen molar-refractivity contribution >= 4 is 23.2 Å². The molecule has 182 valence electrons. The molecule has 0 aromatic heterocycles. The van der Waals surface area contributed by atoms with Crippen LogP contribution in [-0.2, 0) is 4.74 Å². The standard InChI is InChI=1S/C26H33N3O5/c1-32-22-9-6-10-23(33-2)24(22)26(31)28-18-11-12-21(29-13-4-3-5-14-29)20(16-18)25(30)27-17-19-8-7-15-34-19/h6,9-12,16,19H,3-5,7-8,13-15,17H2,1-2H3,(H,27,30)(H,28,31)/t19-/m1/s1. The number of ether oxygens (including phenoxy) is 3. The Kier molecular flexibility index (Phi) is 7.90. The van der Waals surface area contributed by atoms with Gasteiger partial charge in [0, 0.05) is 37.6 Å². The van der Waals surface area contributed by atoms with Crippen LogP contribution in [0.1, 0.15) is 52.8 Å². The maximum Gasteiger partial charge on any atom is 0.263 e. The van der Waals surface area contributed by atoms with Gasteiger partial charge < -0.3 is 29.7 Å². The number of methoxy groups -OCH3 is 2. The van der Waals surface area contributed by atoms with E-state index in [0.29, 0.717) is 34.9 Å². The molecule has 2 amide bonds. The van der Waals surface area contributed by atoms with Gasteiger partial charge in [-0.05, 0) is 62.4 Å². The summed E-state index contributed by atoms with van der Waals surface area (Å²) < 4.78 is 16.4. The highest BCUT2D eigenvalue weighted by Gasteiger charge is 2.23. The fraction of sp³-hybridized carbons (Fsp3) is 0.462. The average Bonchev–Trinajstić information content (AvgIpc) is 3.41. The second kappa shape index (κ2) is 11.2. The summed E-state index contributed by atoms with van der Waals surface area (Å²) in [5.41, 5.74) is 2.26. The Morgan fingerprint density at radius 3 is 2.38 bits per heavy atom. The Balaban J connectivity index is 1.59. The molecule has 8 nitrogen and oxygen atoms in total. The Morgan fingerprint density at radius 1 is 1.00 bits per heavy atom. The van der Waals surface area contributed by atoms with Gasteiger partial charge in [0.05, 0.1) is 25.9 Å². The highest BCUT2D eigenvalue weighted by atomic mass is 16.5. The molecular formula is C26H33N3O5. The van der Waals surface area contributed by atoms with E-state index in [1.807, 2.05) is 12.1 Å². The van der Waals surface area contributed by atoms with Crippen LogP contribution < -0.4 is 25.0 Å². The van der Waals surface area contributed by atoms with Crippen molar-refractivity contribution < 1.29 is 23.8 Å². The molecule has 2 saturated heterocycles. The van der Waals surface area contributed by atoms with E-state index in [1.165, 1.54) is 20.6 Å². The minimum atomic E-state index is -0.370. The lowest BCUT2D eigenvalue weighted by Gasteiger charge is -2.30. The predicted octanol–water partition coefficient (Wildman–Crippen LogP) is 3.86. The first-order valence-corrected chi connectivity index (χ1v) is 11.9. The molecule has 0 bridgehead atoms. The van der Waals surface area contributed by atoms with Crippen LogP contribution in [0.5, 0.6) is 11.5 Å². The monoisotopic (exact) mass is 467 g/mol. The highest BCUT2D eigenvalue weighted by Crippen LogP contribution is 2.31. The highest BCUT2D eigenvalue weighted by molar-refractivity contribution is 6.09. The SMILES string of the molecule is COc1cccc(OC)c1C(=O)Nc1ccc(N2CCCCC2)c(C(=O)NC[C@H]2CCCO2)c1. The topological polar surface area (TPSA) is 89.1 Å². The fourth-order valence-corrected chi connectivity index (χ4v) is 4.58. The average molecular weight is 468 g/mol. The van der Waals surface area contributed by atoms with Crippen molar-refractivity contribution in [1.82, 2.24) is 5.32 Å². The van der Waals surface area contributed by atoms with Gasteiger partial charge in [-0.15, -0.1) is 0 Å². The molecule has 0 radical (unpaired) electrons. The molecule has 2 aliphatic rings. The lowest BCUT2D eigenvalue weighted by atomic mass is 10.1. The van der Waals surface area contributed by atoms with Crippen molar-refractivity contribution in [3.63, 3.8) is 0 Å². The first-order valence-electron chi connectivity index (χ1n) is 11.9. The Morgan fingerprint density at radius 2 is 1.74 bits per heavy atom. The van der Waals surface area contributed by atoms with E-state index in [0.717, 1.165) is 51.1 Å². The normalized spacial score (nSPS) is 17.8. The molecule has 0 saturated carbocycles. The van der Waals surface area contributed by atoms with Crippen molar-refractivity contribution in [2.75, 3.05) is 50.7 Å². The van der Waals surface area contributed by atoms with E-state index in [1.54, 1.807) is 24.3 Å². The summed E-state index contributed by atoms with van der Waals surface area (Å²) >= 11 is 0. The molecule has 1 atom stereocenters. The molecule has 2 aromatic rings. The van der Waals surface area contributed by atoms with Crippen LogP contribution in [0.3, 0.4) is 0 Å². The number of rotatable bonds is 8. The van der Waals surface area contributed by atoms with Crippen molar-refractivity contribution in [3.8, 4) is 11.5 Å². The molecule has 2 aromatic carbocycles. The van der Waals surface area contributed by atoms with Crippen molar-refractivity contribution in [3.05, 3.63) is 47.5 Å². The molecule has 0 aliphatic carbocycles. The minimum absolute atomic E-state index is 0.0586. The van der Waals surface area contributed by atoms with Gasteiger partial charge in [0.15, 0.2) is 0 Å². The third-order valence-electron chi connectivity index (χ3n) is 6.36. The lowest BCUT2D eigenvalue weighted by molar-refractivity contribution is 0.0858. The van der Waals surface area contributed by atoms with Gasteiger partial charge in [-0.25, -0.2) is 0 Å². The van der Waals surface area contributed by atoms with Gasteiger partial charge in [0.1, 0.15) is 17.1 Å². The fourth-order valence-electron chi connectivity index (χ4n) is 4.58. The summed E-state index contributed by atoms with van der Waals surface area (Å²) in [5, 5.41) is 5.93. The zero-order chi connectivity index (χ0) is 23.9. The number of amides is 2. The number of benzene rings is 2. The Labute approximate surface area is 200 Å². The molecule has 2 N–H and O–H groups in total. The summed E-state index contributed by atoms with van der Waals surface area (Å²) in [5.74, 6) is 0.292. The number of nitrogens with one attached hydrogen (secondary N) is 2. The maximum atomic E-state index is 13.2. The molecule has 0 spiro atoms.